The molecule has 0 unspecified atom stereocenters. The molecule has 2 aliphatic rings. The normalized spacial score (nSPS) is 18.5. The van der Waals surface area contributed by atoms with Crippen molar-refractivity contribution in [1.82, 2.24) is 9.88 Å². The molecule has 1 aromatic heterocycles. The number of carboxylic acids is 1. The van der Waals surface area contributed by atoms with Gasteiger partial charge in [0.05, 0.1) is 17.0 Å². The van der Waals surface area contributed by atoms with Crippen LogP contribution in [0.5, 0.6) is 0 Å². The standard InChI is InChI=1S/C26H27N5O7S3/c1-12-4-5-16(28-20(34)11-39-13(2)32)7-14(12)6-15-9-40-24-17(23(35)31(24)22(15)25(36)37)8-19(33)21(30-38-3)18-10-41-26(27)29-18/h4-5,7,10,17,24H,6,8-9,11H2,1-3H3,(H2,27,29)(H,28,34)(H,36,37)/b30-21-/t17-,24-/m1/s1. The number of ketones is 1. The molecule has 0 spiro atoms. The summed E-state index contributed by atoms with van der Waals surface area (Å²) >= 11 is 3.44. The number of benzene rings is 1. The van der Waals surface area contributed by atoms with Gasteiger partial charge in [0.1, 0.15) is 18.5 Å². The topological polar surface area (TPSA) is 181 Å². The molecule has 0 saturated carbocycles. The molecule has 4 N–H and O–H groups in total. The lowest BCUT2D eigenvalue weighted by Crippen LogP contribution is -2.62. The lowest BCUT2D eigenvalue weighted by atomic mass is 9.88. The average Bonchev–Trinajstić information content (AvgIpc) is 3.36. The van der Waals surface area contributed by atoms with E-state index in [9.17, 15) is 29.1 Å². The zero-order valence-electron chi connectivity index (χ0n) is 22.3. The number of aryl methyl sites for hydroxylation is 1. The second kappa shape index (κ2) is 12.9. The molecule has 12 nitrogen and oxygen atoms in total. The summed E-state index contributed by atoms with van der Waals surface area (Å²) in [6, 6.07) is 5.31. The molecule has 2 aliphatic heterocycles. The number of thiazole rings is 1. The van der Waals surface area contributed by atoms with Gasteiger partial charge in [0.25, 0.3) is 0 Å². The van der Waals surface area contributed by atoms with E-state index in [0.717, 1.165) is 34.2 Å². The van der Waals surface area contributed by atoms with Gasteiger partial charge in [0.2, 0.25) is 11.8 Å². The van der Waals surface area contributed by atoms with Crippen LogP contribution in [0.1, 0.15) is 30.2 Å². The Labute approximate surface area is 247 Å². The number of thioether (sulfide) groups is 2. The number of hydrogen-bond donors (Lipinski definition) is 3. The average molecular weight is 618 g/mol. The van der Waals surface area contributed by atoms with Crippen molar-refractivity contribution < 1.29 is 33.9 Å². The first kappa shape index (κ1) is 30.3. The van der Waals surface area contributed by atoms with Crippen molar-refractivity contribution in [3.8, 4) is 0 Å². The SMILES string of the molecule is CO/N=C(\C(=O)C[C@@H]1C(=O)N2C(C(=O)O)=C(Cc3cc(NC(=O)CSC(C)=O)ccc3C)CS[C@H]12)c1csc(N)n1. The third kappa shape index (κ3) is 6.80. The second-order valence-electron chi connectivity index (χ2n) is 9.24. The fourth-order valence-electron chi connectivity index (χ4n) is 4.51. The number of oxime groups is 1. The van der Waals surface area contributed by atoms with Crippen LogP contribution in [0.2, 0.25) is 0 Å². The molecule has 1 saturated heterocycles. The first-order chi connectivity index (χ1) is 19.5. The highest BCUT2D eigenvalue weighted by molar-refractivity contribution is 8.14. The molecule has 15 heteroatoms. The van der Waals surface area contributed by atoms with Crippen molar-refractivity contribution in [3.05, 3.63) is 51.7 Å². The van der Waals surface area contributed by atoms with Crippen LogP contribution in [0.3, 0.4) is 0 Å². The van der Waals surface area contributed by atoms with Crippen molar-refractivity contribution in [2.24, 2.45) is 11.1 Å². The summed E-state index contributed by atoms with van der Waals surface area (Å²) in [6.45, 7) is 3.26. The first-order valence-corrected chi connectivity index (χ1v) is 15.2. The van der Waals surface area contributed by atoms with Gasteiger partial charge in [-0.3, -0.25) is 24.1 Å². The predicted molar refractivity (Wildman–Crippen MR) is 158 cm³/mol. The van der Waals surface area contributed by atoms with E-state index in [4.69, 9.17) is 10.6 Å². The number of nitrogens with zero attached hydrogens (tertiary/aromatic N) is 3. The molecule has 1 aromatic carbocycles. The largest absolute Gasteiger partial charge is 0.477 e. The van der Waals surface area contributed by atoms with Crippen LogP contribution in [-0.4, -0.2) is 73.4 Å². The number of aromatic nitrogens is 1. The number of anilines is 2. The van der Waals surface area contributed by atoms with Gasteiger partial charge >= 0.3 is 5.97 Å². The maximum Gasteiger partial charge on any atom is 0.352 e. The van der Waals surface area contributed by atoms with Gasteiger partial charge in [-0.2, -0.15) is 0 Å². The maximum atomic E-state index is 13.2. The Bertz CT molecular complexity index is 1490. The van der Waals surface area contributed by atoms with E-state index in [0.29, 0.717) is 17.0 Å². The van der Waals surface area contributed by atoms with E-state index in [1.54, 1.807) is 17.5 Å². The highest BCUT2D eigenvalue weighted by Gasteiger charge is 2.54. The Kier molecular flexibility index (Phi) is 9.50. The molecule has 41 heavy (non-hydrogen) atoms. The number of hydrogen-bond acceptors (Lipinski definition) is 12. The van der Waals surface area contributed by atoms with E-state index in [2.05, 4.69) is 15.5 Å². The lowest BCUT2D eigenvalue weighted by Gasteiger charge is -2.49. The molecule has 0 aliphatic carbocycles. The van der Waals surface area contributed by atoms with Crippen molar-refractivity contribution in [2.75, 3.05) is 29.7 Å². The number of aliphatic carboxylic acids is 1. The quantitative estimate of drug-likeness (QED) is 0.192. The molecule has 2 amide bonds. The van der Waals surface area contributed by atoms with E-state index < -0.39 is 29.0 Å². The number of Topliss-reactive ketones (excluding diaryl/α,β-unsaturated/α-hetero) is 1. The number of carbonyl (C=O) groups excluding carboxylic acids is 4. The van der Waals surface area contributed by atoms with Crippen LogP contribution >= 0.6 is 34.9 Å². The molecule has 2 atom stereocenters. The highest BCUT2D eigenvalue weighted by Crippen LogP contribution is 2.46. The molecule has 0 radical (unpaired) electrons. The molecular formula is C26H27N5O7S3. The number of rotatable bonds is 11. The summed E-state index contributed by atoms with van der Waals surface area (Å²) in [5.74, 6) is -2.87. The summed E-state index contributed by atoms with van der Waals surface area (Å²) in [5, 5.41) is 17.8. The summed E-state index contributed by atoms with van der Waals surface area (Å²) in [6.07, 6.45) is 0.0694. The zero-order chi connectivity index (χ0) is 29.8. The summed E-state index contributed by atoms with van der Waals surface area (Å²) in [7, 11) is 1.29. The monoisotopic (exact) mass is 617 g/mol. The first-order valence-electron chi connectivity index (χ1n) is 12.3. The van der Waals surface area contributed by atoms with E-state index in [1.165, 1.54) is 30.7 Å². The Morgan fingerprint density at radius 1 is 1.32 bits per heavy atom. The highest BCUT2D eigenvalue weighted by atomic mass is 32.2. The predicted octanol–water partition coefficient (Wildman–Crippen LogP) is 2.67. The van der Waals surface area contributed by atoms with Gasteiger partial charge in [0, 0.05) is 30.2 Å². The van der Waals surface area contributed by atoms with Crippen LogP contribution in [0.15, 0.2) is 40.0 Å². The molecule has 1 fully saturated rings. The molecule has 4 rings (SSSR count). The van der Waals surface area contributed by atoms with Gasteiger partial charge in [-0.1, -0.05) is 23.0 Å². The van der Waals surface area contributed by atoms with Gasteiger partial charge in [-0.05, 0) is 42.2 Å². The van der Waals surface area contributed by atoms with Crippen molar-refractivity contribution >= 4 is 80.1 Å². The third-order valence-corrected chi connectivity index (χ3v) is 9.30. The van der Waals surface area contributed by atoms with Crippen LogP contribution in [0, 0.1) is 12.8 Å². The Balaban J connectivity index is 1.51. The number of nitrogens with one attached hydrogen (secondary N) is 1. The fourth-order valence-corrected chi connectivity index (χ4v) is 6.88. The lowest BCUT2D eigenvalue weighted by molar-refractivity contribution is -0.153. The summed E-state index contributed by atoms with van der Waals surface area (Å²) < 4.78 is 0. The number of carboxylic acid groups (broad SMARTS) is 1. The minimum Gasteiger partial charge on any atom is -0.477 e. The Morgan fingerprint density at radius 2 is 2.07 bits per heavy atom. The summed E-state index contributed by atoms with van der Waals surface area (Å²) in [4.78, 5) is 72.1. The Morgan fingerprint density at radius 3 is 2.71 bits per heavy atom. The second-order valence-corrected chi connectivity index (χ2v) is 12.4. The molecular weight excluding hydrogens is 591 g/mol. The van der Waals surface area contributed by atoms with E-state index in [1.807, 2.05) is 13.0 Å². The molecule has 216 valence electrons. The third-order valence-electron chi connectivity index (χ3n) is 6.42. The van der Waals surface area contributed by atoms with Gasteiger partial charge in [0.15, 0.2) is 21.7 Å². The van der Waals surface area contributed by atoms with Crippen LogP contribution in [-0.2, 0) is 35.2 Å². The number of carbonyl (C=O) groups is 5. The van der Waals surface area contributed by atoms with Gasteiger partial charge in [-0.15, -0.1) is 23.1 Å². The molecule has 2 aromatic rings. The minimum absolute atomic E-state index is 0.0116. The number of β-lactam (4-membered cyclic amide) rings is 1. The van der Waals surface area contributed by atoms with Crippen LogP contribution in [0.25, 0.3) is 0 Å². The van der Waals surface area contributed by atoms with Gasteiger partial charge < -0.3 is 21.0 Å². The Hall–Kier alpha value is -3.69. The fraction of sp³-hybridized carbons (Fsp3) is 0.346. The van der Waals surface area contributed by atoms with Crippen molar-refractivity contribution in [2.45, 2.75) is 32.1 Å². The number of nitrogen functional groups attached to an aromatic ring is 1. The van der Waals surface area contributed by atoms with Crippen LogP contribution < -0.4 is 11.1 Å². The number of amides is 2. The zero-order valence-corrected chi connectivity index (χ0v) is 24.8. The maximum absolute atomic E-state index is 13.2. The molecule has 3 heterocycles. The minimum atomic E-state index is -1.23. The van der Waals surface area contributed by atoms with Crippen molar-refractivity contribution in [1.29, 1.82) is 0 Å². The molecule has 0 bridgehead atoms. The number of fused-ring (bicyclic) bond motifs is 1. The van der Waals surface area contributed by atoms with E-state index >= 15 is 0 Å². The number of nitrogens with two attached hydrogens (primary N) is 1. The smallest absolute Gasteiger partial charge is 0.352 e. The van der Waals surface area contributed by atoms with Crippen LogP contribution in [0.4, 0.5) is 10.8 Å². The van der Waals surface area contributed by atoms with Gasteiger partial charge in [-0.25, -0.2) is 9.78 Å². The van der Waals surface area contributed by atoms with E-state index in [-0.39, 0.29) is 51.9 Å². The van der Waals surface area contributed by atoms with Crippen molar-refractivity contribution in [3.63, 3.8) is 0 Å². The summed E-state index contributed by atoms with van der Waals surface area (Å²) in [5.41, 5.74) is 8.53.